The van der Waals surface area contributed by atoms with Crippen LogP contribution in [0.5, 0.6) is 0 Å². The number of hydrogen-bond acceptors (Lipinski definition) is 3. The lowest BCUT2D eigenvalue weighted by Crippen LogP contribution is -2.31. The Labute approximate surface area is 76.1 Å². The van der Waals surface area contributed by atoms with Crippen molar-refractivity contribution in [3.63, 3.8) is 0 Å². The number of amides is 1. The minimum absolute atomic E-state index is 0.115. The molecule has 72 valence electrons. The second kappa shape index (κ2) is 6.03. The molecule has 0 rings (SSSR count). The summed E-state index contributed by atoms with van der Waals surface area (Å²) in [5.41, 5.74) is 0. The molecule has 0 aliphatic heterocycles. The summed E-state index contributed by atoms with van der Waals surface area (Å²) in [6.45, 7) is 1.16. The second-order valence-electron chi connectivity index (χ2n) is 2.27. The van der Waals surface area contributed by atoms with Gasteiger partial charge in [-0.1, -0.05) is 5.92 Å². The number of carbonyl (C=O) groups excluding carboxylic acids is 1. The van der Waals surface area contributed by atoms with Crippen LogP contribution in [0.15, 0.2) is 0 Å². The molecule has 1 amide bonds. The lowest BCUT2D eigenvalue weighted by Gasteiger charge is -2.07. The van der Waals surface area contributed by atoms with Gasteiger partial charge >= 0.3 is 5.97 Å². The van der Waals surface area contributed by atoms with Gasteiger partial charge in [-0.15, -0.1) is 6.42 Å². The summed E-state index contributed by atoms with van der Waals surface area (Å²) in [7, 11) is 0. The van der Waals surface area contributed by atoms with E-state index in [4.69, 9.17) is 11.5 Å². The lowest BCUT2D eigenvalue weighted by atomic mass is 10.4. The number of nitrogens with one attached hydrogen (secondary N) is 1. The summed E-state index contributed by atoms with van der Waals surface area (Å²) >= 11 is 0. The van der Waals surface area contributed by atoms with Crippen LogP contribution in [0.1, 0.15) is 6.92 Å². The first-order valence-corrected chi connectivity index (χ1v) is 3.62. The van der Waals surface area contributed by atoms with Gasteiger partial charge in [0, 0.05) is 0 Å². The average molecular weight is 185 g/mol. The smallest absolute Gasteiger partial charge is 0.332 e. The largest absolute Gasteiger partial charge is 0.479 e. The summed E-state index contributed by atoms with van der Waals surface area (Å²) in [6.07, 6.45) is 3.89. The number of carbonyl (C=O) groups is 2. The number of aliphatic carboxylic acids is 1. The van der Waals surface area contributed by atoms with E-state index in [1.54, 1.807) is 0 Å². The van der Waals surface area contributed by atoms with Crippen LogP contribution in [0.4, 0.5) is 0 Å². The standard InChI is InChI=1S/C8H11NO4/c1-3-4-9-7(10)5-13-6(2)8(11)12/h1,6H,4-5H2,2H3,(H,9,10)(H,11,12)/t6-/m0/s1. The molecule has 0 unspecified atom stereocenters. The van der Waals surface area contributed by atoms with Crippen molar-refractivity contribution >= 4 is 11.9 Å². The molecule has 0 bridgehead atoms. The van der Waals surface area contributed by atoms with Crippen molar-refractivity contribution in [2.45, 2.75) is 13.0 Å². The molecule has 1 atom stereocenters. The first-order chi connectivity index (χ1) is 6.07. The molecule has 5 nitrogen and oxygen atoms in total. The molecular weight excluding hydrogens is 174 g/mol. The highest BCUT2D eigenvalue weighted by atomic mass is 16.5. The first kappa shape index (κ1) is 11.5. The van der Waals surface area contributed by atoms with E-state index >= 15 is 0 Å². The number of rotatable bonds is 5. The van der Waals surface area contributed by atoms with E-state index in [0.717, 1.165) is 0 Å². The maximum atomic E-state index is 10.8. The maximum absolute atomic E-state index is 10.8. The van der Waals surface area contributed by atoms with Crippen LogP contribution in [0, 0.1) is 12.3 Å². The predicted octanol–water partition coefficient (Wildman–Crippen LogP) is -0.774. The van der Waals surface area contributed by atoms with Crippen LogP contribution >= 0.6 is 0 Å². The van der Waals surface area contributed by atoms with Gasteiger partial charge in [-0.25, -0.2) is 4.79 Å². The number of ether oxygens (including phenoxy) is 1. The van der Waals surface area contributed by atoms with Gasteiger partial charge in [-0.2, -0.15) is 0 Å². The minimum Gasteiger partial charge on any atom is -0.479 e. The summed E-state index contributed by atoms with van der Waals surface area (Å²) in [5.74, 6) is 0.674. The van der Waals surface area contributed by atoms with E-state index in [0.29, 0.717) is 0 Å². The molecule has 0 aromatic rings. The van der Waals surface area contributed by atoms with Gasteiger partial charge in [0.15, 0.2) is 6.10 Å². The van der Waals surface area contributed by atoms with Crippen LogP contribution in [0.2, 0.25) is 0 Å². The molecule has 0 fully saturated rings. The molecule has 0 saturated carbocycles. The number of carboxylic acids is 1. The Bertz CT molecular complexity index is 231. The molecule has 0 spiro atoms. The van der Waals surface area contributed by atoms with Gasteiger partial charge in [-0.3, -0.25) is 4.79 Å². The molecule has 5 heteroatoms. The highest BCUT2D eigenvalue weighted by Crippen LogP contribution is 1.89. The Morgan fingerprint density at radius 3 is 2.77 bits per heavy atom. The van der Waals surface area contributed by atoms with Gasteiger partial charge in [0.25, 0.3) is 0 Å². The van der Waals surface area contributed by atoms with Gasteiger partial charge in [0.1, 0.15) is 6.61 Å². The SMILES string of the molecule is C#CCNC(=O)CO[C@@H](C)C(=O)O. The number of hydrogen-bond donors (Lipinski definition) is 2. The van der Waals surface area contributed by atoms with Crippen molar-refractivity contribution in [2.75, 3.05) is 13.2 Å². The van der Waals surface area contributed by atoms with Crippen LogP contribution in [-0.4, -0.2) is 36.2 Å². The topological polar surface area (TPSA) is 75.6 Å². The molecule has 0 saturated heterocycles. The van der Waals surface area contributed by atoms with E-state index in [9.17, 15) is 9.59 Å². The monoisotopic (exact) mass is 185 g/mol. The predicted molar refractivity (Wildman–Crippen MR) is 44.9 cm³/mol. The Kier molecular flexibility index (Phi) is 5.32. The maximum Gasteiger partial charge on any atom is 0.332 e. The third kappa shape index (κ3) is 5.70. The van der Waals surface area contributed by atoms with Crippen molar-refractivity contribution < 1.29 is 19.4 Å². The highest BCUT2D eigenvalue weighted by molar-refractivity contribution is 5.78. The molecule has 0 aliphatic rings. The van der Waals surface area contributed by atoms with Gasteiger partial charge < -0.3 is 15.2 Å². The van der Waals surface area contributed by atoms with Crippen molar-refractivity contribution in [2.24, 2.45) is 0 Å². The van der Waals surface area contributed by atoms with Gasteiger partial charge in [-0.05, 0) is 6.92 Å². The summed E-state index contributed by atoms with van der Waals surface area (Å²) in [4.78, 5) is 21.0. The fourth-order valence-electron chi connectivity index (χ4n) is 0.473. The zero-order valence-electron chi connectivity index (χ0n) is 7.24. The van der Waals surface area contributed by atoms with Crippen molar-refractivity contribution in [3.05, 3.63) is 0 Å². The van der Waals surface area contributed by atoms with Crippen molar-refractivity contribution in [1.29, 1.82) is 0 Å². The third-order valence-corrected chi connectivity index (χ3v) is 1.20. The fraction of sp³-hybridized carbons (Fsp3) is 0.500. The van der Waals surface area contributed by atoms with Gasteiger partial charge in [0.05, 0.1) is 6.54 Å². The normalized spacial score (nSPS) is 11.4. The number of carboxylic acid groups (broad SMARTS) is 1. The average Bonchev–Trinajstić information content (AvgIpc) is 2.10. The van der Waals surface area contributed by atoms with Crippen LogP contribution in [0.3, 0.4) is 0 Å². The zero-order chi connectivity index (χ0) is 10.3. The van der Waals surface area contributed by atoms with E-state index < -0.39 is 18.0 Å². The summed E-state index contributed by atoms with van der Waals surface area (Å²) < 4.78 is 4.68. The summed E-state index contributed by atoms with van der Waals surface area (Å²) in [6, 6.07) is 0. The fourth-order valence-corrected chi connectivity index (χ4v) is 0.473. The molecule has 0 radical (unpaired) electrons. The quantitative estimate of drug-likeness (QED) is 0.551. The van der Waals surface area contributed by atoms with Crippen molar-refractivity contribution in [1.82, 2.24) is 5.32 Å². The second-order valence-corrected chi connectivity index (χ2v) is 2.27. The minimum atomic E-state index is -1.11. The molecule has 13 heavy (non-hydrogen) atoms. The molecule has 0 aliphatic carbocycles. The molecule has 0 heterocycles. The summed E-state index contributed by atoms with van der Waals surface area (Å²) in [5, 5.41) is 10.7. The number of terminal acetylenes is 1. The van der Waals surface area contributed by atoms with Crippen LogP contribution in [0.25, 0.3) is 0 Å². The highest BCUT2D eigenvalue weighted by Gasteiger charge is 2.12. The third-order valence-electron chi connectivity index (χ3n) is 1.20. The van der Waals surface area contributed by atoms with E-state index in [1.165, 1.54) is 6.92 Å². The Balaban J connectivity index is 3.59. The molecule has 0 aromatic carbocycles. The molecule has 2 N–H and O–H groups in total. The Morgan fingerprint density at radius 2 is 2.31 bits per heavy atom. The van der Waals surface area contributed by atoms with Crippen LogP contribution < -0.4 is 5.32 Å². The Morgan fingerprint density at radius 1 is 1.69 bits per heavy atom. The molecule has 0 aromatic heterocycles. The molecular formula is C8H11NO4. The van der Waals surface area contributed by atoms with E-state index in [1.807, 2.05) is 0 Å². The lowest BCUT2D eigenvalue weighted by molar-refractivity contribution is -0.150. The zero-order valence-corrected chi connectivity index (χ0v) is 7.24. The van der Waals surface area contributed by atoms with Gasteiger partial charge in [0.2, 0.25) is 5.91 Å². The van der Waals surface area contributed by atoms with E-state index in [-0.39, 0.29) is 13.2 Å². The Hall–Kier alpha value is -1.54. The van der Waals surface area contributed by atoms with Crippen LogP contribution in [-0.2, 0) is 14.3 Å². The first-order valence-electron chi connectivity index (χ1n) is 3.62. The van der Waals surface area contributed by atoms with E-state index in [2.05, 4.69) is 16.0 Å². The van der Waals surface area contributed by atoms with Crippen molar-refractivity contribution in [3.8, 4) is 12.3 Å².